The van der Waals surface area contributed by atoms with Crippen molar-refractivity contribution in [1.29, 1.82) is 0 Å². The SMILES string of the molecule is O=C(NN=Cc1cc(Br)c(O)c(Br)c1)c1ccc(NC(=O)c2ccc(F)cc2)cc1. The van der Waals surface area contributed by atoms with Gasteiger partial charge < -0.3 is 10.4 Å². The van der Waals surface area contributed by atoms with Gasteiger partial charge in [0.1, 0.15) is 11.6 Å². The van der Waals surface area contributed by atoms with E-state index in [0.717, 1.165) is 0 Å². The second-order valence-electron chi connectivity index (χ2n) is 6.07. The molecule has 30 heavy (non-hydrogen) atoms. The number of halogens is 3. The Labute approximate surface area is 188 Å². The topological polar surface area (TPSA) is 90.8 Å². The predicted molar refractivity (Wildman–Crippen MR) is 119 cm³/mol. The molecule has 0 atom stereocenters. The number of carbonyl (C=O) groups excluding carboxylic acids is 2. The minimum atomic E-state index is -0.431. The van der Waals surface area contributed by atoms with E-state index in [-0.39, 0.29) is 11.7 Å². The van der Waals surface area contributed by atoms with Crippen LogP contribution in [0.4, 0.5) is 10.1 Å². The van der Waals surface area contributed by atoms with Crippen molar-refractivity contribution in [2.75, 3.05) is 5.32 Å². The van der Waals surface area contributed by atoms with Crippen LogP contribution in [0.3, 0.4) is 0 Å². The van der Waals surface area contributed by atoms with Crippen LogP contribution < -0.4 is 10.7 Å². The van der Waals surface area contributed by atoms with Crippen LogP contribution >= 0.6 is 31.9 Å². The molecule has 0 spiro atoms. The molecule has 0 radical (unpaired) electrons. The van der Waals surface area contributed by atoms with E-state index in [1.165, 1.54) is 30.5 Å². The number of rotatable bonds is 5. The van der Waals surface area contributed by atoms with Gasteiger partial charge in [0, 0.05) is 16.8 Å². The van der Waals surface area contributed by atoms with Crippen molar-refractivity contribution in [3.63, 3.8) is 0 Å². The average Bonchev–Trinajstić information content (AvgIpc) is 2.73. The second kappa shape index (κ2) is 9.64. The summed E-state index contributed by atoms with van der Waals surface area (Å²) < 4.78 is 13.9. The van der Waals surface area contributed by atoms with Crippen molar-refractivity contribution in [3.05, 3.63) is 92.1 Å². The van der Waals surface area contributed by atoms with Gasteiger partial charge in [-0.25, -0.2) is 9.82 Å². The molecular formula is C21H14Br2FN3O3. The van der Waals surface area contributed by atoms with Crippen molar-refractivity contribution in [1.82, 2.24) is 5.43 Å². The highest BCUT2D eigenvalue weighted by Crippen LogP contribution is 2.32. The Kier molecular flexibility index (Phi) is 6.96. The molecule has 3 aromatic carbocycles. The maximum atomic E-state index is 12.9. The number of carbonyl (C=O) groups is 2. The molecule has 0 saturated heterocycles. The largest absolute Gasteiger partial charge is 0.506 e. The molecule has 6 nitrogen and oxygen atoms in total. The summed E-state index contributed by atoms with van der Waals surface area (Å²) in [6.45, 7) is 0. The first-order valence-electron chi connectivity index (χ1n) is 8.52. The molecule has 152 valence electrons. The molecule has 0 heterocycles. The fourth-order valence-electron chi connectivity index (χ4n) is 2.40. The normalized spacial score (nSPS) is 10.8. The molecular weight excluding hydrogens is 521 g/mol. The van der Waals surface area contributed by atoms with Gasteiger partial charge in [-0.15, -0.1) is 0 Å². The summed E-state index contributed by atoms with van der Waals surface area (Å²) in [7, 11) is 0. The Bertz CT molecular complexity index is 1090. The van der Waals surface area contributed by atoms with E-state index in [4.69, 9.17) is 0 Å². The minimum absolute atomic E-state index is 0.0720. The fourth-order valence-corrected chi connectivity index (χ4v) is 3.62. The number of hydrogen-bond donors (Lipinski definition) is 3. The van der Waals surface area contributed by atoms with Gasteiger partial charge in [-0.05, 0) is 98.1 Å². The summed E-state index contributed by atoms with van der Waals surface area (Å²) in [4.78, 5) is 24.3. The smallest absolute Gasteiger partial charge is 0.271 e. The number of hydrogen-bond acceptors (Lipinski definition) is 4. The molecule has 3 aromatic rings. The minimum Gasteiger partial charge on any atom is -0.506 e. The summed E-state index contributed by atoms with van der Waals surface area (Å²) in [5.41, 5.74) is 4.22. The maximum Gasteiger partial charge on any atom is 0.271 e. The average molecular weight is 535 g/mol. The van der Waals surface area contributed by atoms with E-state index in [1.807, 2.05) is 0 Å². The third kappa shape index (κ3) is 5.52. The first-order chi connectivity index (χ1) is 14.3. The van der Waals surface area contributed by atoms with E-state index >= 15 is 0 Å². The Hall–Kier alpha value is -3.04. The molecule has 9 heteroatoms. The van der Waals surface area contributed by atoms with Gasteiger partial charge in [0.15, 0.2) is 0 Å². The van der Waals surface area contributed by atoms with Crippen LogP contribution in [0.15, 0.2) is 74.7 Å². The lowest BCUT2D eigenvalue weighted by Gasteiger charge is -2.06. The lowest BCUT2D eigenvalue weighted by atomic mass is 10.1. The number of amides is 2. The van der Waals surface area contributed by atoms with Gasteiger partial charge in [-0.1, -0.05) is 0 Å². The van der Waals surface area contributed by atoms with E-state index in [9.17, 15) is 19.1 Å². The quantitative estimate of drug-likeness (QED) is 0.315. The predicted octanol–water partition coefficient (Wildman–Crippen LogP) is 5.07. The highest BCUT2D eigenvalue weighted by Gasteiger charge is 2.09. The van der Waals surface area contributed by atoms with Crippen molar-refractivity contribution in [3.8, 4) is 5.75 Å². The zero-order chi connectivity index (χ0) is 21.7. The van der Waals surface area contributed by atoms with Crippen LogP contribution in [0.25, 0.3) is 0 Å². The van der Waals surface area contributed by atoms with Crippen molar-refractivity contribution < 1.29 is 19.1 Å². The summed E-state index contributed by atoms with van der Waals surface area (Å²) >= 11 is 6.44. The van der Waals surface area contributed by atoms with Gasteiger partial charge in [0.2, 0.25) is 0 Å². The molecule has 0 aliphatic heterocycles. The molecule has 3 N–H and O–H groups in total. The van der Waals surface area contributed by atoms with Crippen LogP contribution in [0.2, 0.25) is 0 Å². The maximum absolute atomic E-state index is 12.9. The lowest BCUT2D eigenvalue weighted by molar-refractivity contribution is 0.0954. The highest BCUT2D eigenvalue weighted by atomic mass is 79.9. The molecule has 0 bridgehead atoms. The zero-order valence-corrected chi connectivity index (χ0v) is 18.4. The van der Waals surface area contributed by atoms with E-state index < -0.39 is 11.7 Å². The van der Waals surface area contributed by atoms with Gasteiger partial charge in [-0.2, -0.15) is 5.10 Å². The molecule has 2 amide bonds. The first-order valence-corrected chi connectivity index (χ1v) is 10.1. The monoisotopic (exact) mass is 533 g/mol. The number of aromatic hydroxyl groups is 1. The van der Waals surface area contributed by atoms with Gasteiger partial charge in [0.05, 0.1) is 15.2 Å². The standard InChI is InChI=1S/C21H14Br2FN3O3/c22-17-9-12(10-18(23)19(17)28)11-25-27-21(30)14-3-7-16(8-4-14)26-20(29)13-1-5-15(24)6-2-13/h1-11,28H,(H,26,29)(H,27,30). The summed E-state index contributed by atoms with van der Waals surface area (Å²) in [5, 5.41) is 16.3. The fraction of sp³-hybridized carbons (Fsp3) is 0. The Morgan fingerprint density at radius 3 is 2.03 bits per heavy atom. The molecule has 3 rings (SSSR count). The molecule has 0 saturated carbocycles. The van der Waals surface area contributed by atoms with Crippen LogP contribution in [-0.4, -0.2) is 23.1 Å². The first kappa shape index (κ1) is 21.7. The third-order valence-electron chi connectivity index (χ3n) is 3.93. The summed E-state index contributed by atoms with van der Waals surface area (Å²) in [5.74, 6) is -1.17. The number of nitrogens with zero attached hydrogens (tertiary/aromatic N) is 1. The summed E-state index contributed by atoms with van der Waals surface area (Å²) in [6, 6.07) is 14.7. The van der Waals surface area contributed by atoms with Crippen LogP contribution in [0.1, 0.15) is 26.3 Å². The number of phenols is 1. The zero-order valence-electron chi connectivity index (χ0n) is 15.2. The Balaban J connectivity index is 1.59. The Morgan fingerprint density at radius 2 is 1.43 bits per heavy atom. The molecule has 0 aromatic heterocycles. The number of anilines is 1. The van der Waals surface area contributed by atoms with Crippen molar-refractivity contribution in [2.45, 2.75) is 0 Å². The second-order valence-corrected chi connectivity index (χ2v) is 7.78. The molecule has 0 fully saturated rings. The molecule has 0 aliphatic rings. The number of phenolic OH excluding ortho intramolecular Hbond substituents is 1. The number of hydrazone groups is 1. The van der Waals surface area contributed by atoms with Gasteiger partial charge >= 0.3 is 0 Å². The number of benzene rings is 3. The van der Waals surface area contributed by atoms with E-state index in [1.54, 1.807) is 36.4 Å². The van der Waals surface area contributed by atoms with Gasteiger partial charge in [0.25, 0.3) is 11.8 Å². The lowest BCUT2D eigenvalue weighted by Crippen LogP contribution is -2.18. The van der Waals surface area contributed by atoms with E-state index in [2.05, 4.69) is 47.7 Å². The Morgan fingerprint density at radius 1 is 0.900 bits per heavy atom. The van der Waals surface area contributed by atoms with E-state index in [0.29, 0.717) is 31.3 Å². The molecule has 0 unspecified atom stereocenters. The van der Waals surface area contributed by atoms with Crippen LogP contribution in [0, 0.1) is 5.82 Å². The number of nitrogens with one attached hydrogen (secondary N) is 2. The van der Waals surface area contributed by atoms with Crippen LogP contribution in [-0.2, 0) is 0 Å². The molecule has 0 aliphatic carbocycles. The highest BCUT2D eigenvalue weighted by molar-refractivity contribution is 9.11. The van der Waals surface area contributed by atoms with Crippen LogP contribution in [0.5, 0.6) is 5.75 Å². The van der Waals surface area contributed by atoms with Gasteiger partial charge in [-0.3, -0.25) is 9.59 Å². The van der Waals surface area contributed by atoms with Crippen molar-refractivity contribution >= 4 is 55.6 Å². The third-order valence-corrected chi connectivity index (χ3v) is 5.14. The summed E-state index contributed by atoms with van der Waals surface area (Å²) in [6.07, 6.45) is 1.43. The van der Waals surface area contributed by atoms with Crippen molar-refractivity contribution in [2.24, 2.45) is 5.10 Å².